The third-order valence-electron chi connectivity index (χ3n) is 5.63. The number of ether oxygens (including phenoxy) is 3. The number of esters is 2. The van der Waals surface area contributed by atoms with Gasteiger partial charge in [0.05, 0.1) is 5.92 Å². The Morgan fingerprint density at radius 1 is 1.41 bits per heavy atom. The molecule has 2 bridgehead atoms. The lowest BCUT2D eigenvalue weighted by Crippen LogP contribution is -2.60. The second-order valence-electron chi connectivity index (χ2n) is 7.57. The number of rotatable bonds is 2. The van der Waals surface area contributed by atoms with Gasteiger partial charge in [-0.15, -0.1) is 0 Å². The smallest absolute Gasteiger partial charge is 0.334 e. The molecule has 3 aliphatic heterocycles. The molecule has 0 unspecified atom stereocenters. The predicted octanol–water partition coefficient (Wildman–Crippen LogP) is 1.60. The molecule has 3 aliphatic rings. The van der Waals surface area contributed by atoms with Crippen molar-refractivity contribution in [3.63, 3.8) is 0 Å². The van der Waals surface area contributed by atoms with E-state index in [1.54, 1.807) is 19.9 Å². The maximum atomic E-state index is 12.5. The van der Waals surface area contributed by atoms with Gasteiger partial charge in [0.1, 0.15) is 11.9 Å². The Kier molecular flexibility index (Phi) is 4.76. The normalized spacial score (nSPS) is 38.9. The van der Waals surface area contributed by atoms with Crippen LogP contribution in [0, 0.1) is 11.8 Å². The summed E-state index contributed by atoms with van der Waals surface area (Å²) in [6, 6.07) is 0. The summed E-state index contributed by atoms with van der Waals surface area (Å²) in [4.78, 5) is 37.1. The Hall–Kier alpha value is -2.41. The van der Waals surface area contributed by atoms with Gasteiger partial charge < -0.3 is 19.3 Å². The second-order valence-corrected chi connectivity index (χ2v) is 7.57. The third kappa shape index (κ3) is 3.10. The maximum absolute atomic E-state index is 12.5. The van der Waals surface area contributed by atoms with E-state index < -0.39 is 47.6 Å². The van der Waals surface area contributed by atoms with Crippen molar-refractivity contribution in [3.05, 3.63) is 35.6 Å². The van der Waals surface area contributed by atoms with Crippen molar-refractivity contribution in [1.29, 1.82) is 0 Å². The molecule has 7 nitrogen and oxygen atoms in total. The van der Waals surface area contributed by atoms with Crippen LogP contribution in [-0.2, 0) is 28.6 Å². The quantitative estimate of drug-likeness (QED) is 0.577. The first-order valence-electron chi connectivity index (χ1n) is 8.96. The monoisotopic (exact) mass is 376 g/mol. The molecule has 2 fully saturated rings. The van der Waals surface area contributed by atoms with Crippen LogP contribution >= 0.6 is 0 Å². The third-order valence-corrected chi connectivity index (χ3v) is 5.63. The molecule has 0 amide bonds. The van der Waals surface area contributed by atoms with Gasteiger partial charge >= 0.3 is 11.9 Å². The number of fused-ring (bicyclic) bond motifs is 3. The lowest BCUT2D eigenvalue weighted by atomic mass is 9.75. The van der Waals surface area contributed by atoms with Crippen LogP contribution in [0.1, 0.15) is 34.1 Å². The van der Waals surface area contributed by atoms with Crippen molar-refractivity contribution >= 4 is 17.7 Å². The number of hydrogen-bond donors (Lipinski definition) is 1. The van der Waals surface area contributed by atoms with Crippen LogP contribution in [0.4, 0.5) is 0 Å². The summed E-state index contributed by atoms with van der Waals surface area (Å²) < 4.78 is 17.0. The van der Waals surface area contributed by atoms with Crippen molar-refractivity contribution in [2.24, 2.45) is 11.8 Å². The molecule has 1 N–H and O–H groups in total. The van der Waals surface area contributed by atoms with Gasteiger partial charge in [-0.3, -0.25) is 4.79 Å². The zero-order chi connectivity index (χ0) is 20.1. The van der Waals surface area contributed by atoms with E-state index in [1.807, 2.05) is 6.92 Å². The van der Waals surface area contributed by atoms with Crippen molar-refractivity contribution in [2.45, 2.75) is 58.0 Å². The van der Waals surface area contributed by atoms with E-state index in [0.29, 0.717) is 17.8 Å². The van der Waals surface area contributed by atoms with Crippen molar-refractivity contribution < 1.29 is 33.7 Å². The minimum absolute atomic E-state index is 0.146. The zero-order valence-electron chi connectivity index (χ0n) is 15.9. The van der Waals surface area contributed by atoms with Crippen LogP contribution in [-0.4, -0.2) is 46.7 Å². The van der Waals surface area contributed by atoms with Gasteiger partial charge in [-0.25, -0.2) is 9.59 Å². The number of hydrogen-bond acceptors (Lipinski definition) is 7. The first-order valence-corrected chi connectivity index (χ1v) is 8.96. The van der Waals surface area contributed by atoms with E-state index in [2.05, 4.69) is 6.58 Å². The largest absolute Gasteiger partial charge is 0.487 e. The van der Waals surface area contributed by atoms with Crippen LogP contribution in [0.5, 0.6) is 0 Å². The fourth-order valence-electron chi connectivity index (χ4n) is 3.73. The molecule has 6 atom stereocenters. The Morgan fingerprint density at radius 2 is 2.07 bits per heavy atom. The summed E-state index contributed by atoms with van der Waals surface area (Å²) in [7, 11) is 0. The first kappa shape index (κ1) is 19.4. The Balaban J connectivity index is 2.10. The molecule has 27 heavy (non-hydrogen) atoms. The van der Waals surface area contributed by atoms with Crippen LogP contribution in [0.3, 0.4) is 0 Å². The minimum Gasteiger partial charge on any atom is -0.487 e. The van der Waals surface area contributed by atoms with Gasteiger partial charge in [0, 0.05) is 23.1 Å². The molecule has 3 heterocycles. The van der Waals surface area contributed by atoms with Gasteiger partial charge in [0.15, 0.2) is 23.6 Å². The highest BCUT2D eigenvalue weighted by Gasteiger charge is 2.58. The number of allylic oxidation sites excluding steroid dienone is 2. The molecule has 0 saturated carbocycles. The van der Waals surface area contributed by atoms with Crippen molar-refractivity contribution in [2.75, 3.05) is 0 Å². The highest BCUT2D eigenvalue weighted by Crippen LogP contribution is 2.44. The molecule has 0 aromatic heterocycles. The lowest BCUT2D eigenvalue weighted by Gasteiger charge is -2.45. The molecular weight excluding hydrogens is 352 g/mol. The number of ketones is 1. The average molecular weight is 376 g/mol. The van der Waals surface area contributed by atoms with E-state index in [0.717, 1.165) is 0 Å². The van der Waals surface area contributed by atoms with Crippen LogP contribution in [0.15, 0.2) is 35.6 Å². The van der Waals surface area contributed by atoms with E-state index >= 15 is 0 Å². The highest BCUT2D eigenvalue weighted by atomic mass is 16.6. The molecule has 0 aromatic carbocycles. The molecule has 0 radical (unpaired) electrons. The Bertz CT molecular complexity index is 773. The fourth-order valence-corrected chi connectivity index (χ4v) is 3.73. The van der Waals surface area contributed by atoms with Gasteiger partial charge in [-0.05, 0) is 27.2 Å². The summed E-state index contributed by atoms with van der Waals surface area (Å²) >= 11 is 0. The van der Waals surface area contributed by atoms with Gasteiger partial charge in [-0.1, -0.05) is 19.6 Å². The standard InChI is InChI=1S/C20H24O7/c1-6-9(2)18(22)27-16-15-11(4)19(23)26-13(15)7-10(3)12-8-14(21)20(5,24)17(16)25-12/h6,8,10,13,15-17,24H,4,7H2,1-3,5H3/b9-6+/t10-,13-,15+,16+,17+,20+/m1/s1. The van der Waals surface area contributed by atoms with Gasteiger partial charge in [0.25, 0.3) is 0 Å². The Morgan fingerprint density at radius 3 is 2.70 bits per heavy atom. The molecule has 7 heteroatoms. The van der Waals surface area contributed by atoms with Crippen LogP contribution in [0.2, 0.25) is 0 Å². The number of carbonyl (C=O) groups excluding carboxylic acids is 3. The van der Waals surface area contributed by atoms with Crippen molar-refractivity contribution in [3.8, 4) is 0 Å². The molecule has 0 aromatic rings. The number of aliphatic hydroxyl groups is 1. The van der Waals surface area contributed by atoms with Gasteiger partial charge in [-0.2, -0.15) is 0 Å². The molecule has 3 rings (SSSR count). The summed E-state index contributed by atoms with van der Waals surface area (Å²) in [6.07, 6.45) is 0.379. The predicted molar refractivity (Wildman–Crippen MR) is 94.2 cm³/mol. The van der Waals surface area contributed by atoms with E-state index in [4.69, 9.17) is 14.2 Å². The van der Waals surface area contributed by atoms with E-state index in [1.165, 1.54) is 13.0 Å². The maximum Gasteiger partial charge on any atom is 0.334 e. The Labute approximate surface area is 157 Å². The SMILES string of the molecule is C=C1C(=O)O[C@@H]2C[C@@H](C)C3=CC(=O)[C@](C)(O)[C@@H](O3)[C@@H](OC(=O)/C(C)=C/C)[C@@H]12. The highest BCUT2D eigenvalue weighted by molar-refractivity contribution is 5.98. The molecule has 0 aliphatic carbocycles. The summed E-state index contributed by atoms with van der Waals surface area (Å²) in [6.45, 7) is 10.2. The second kappa shape index (κ2) is 6.64. The van der Waals surface area contributed by atoms with Crippen LogP contribution < -0.4 is 0 Å². The van der Waals surface area contributed by atoms with E-state index in [-0.39, 0.29) is 11.5 Å². The fraction of sp³-hybridized carbons (Fsp3) is 0.550. The molecular formula is C20H24O7. The van der Waals surface area contributed by atoms with Crippen LogP contribution in [0.25, 0.3) is 0 Å². The molecule has 2 saturated heterocycles. The first-order chi connectivity index (χ1) is 12.6. The topological polar surface area (TPSA) is 99.1 Å². The van der Waals surface area contributed by atoms with Gasteiger partial charge in [0.2, 0.25) is 0 Å². The summed E-state index contributed by atoms with van der Waals surface area (Å²) in [5.41, 5.74) is -1.42. The zero-order valence-corrected chi connectivity index (χ0v) is 15.9. The lowest BCUT2D eigenvalue weighted by molar-refractivity contribution is -0.191. The van der Waals surface area contributed by atoms with E-state index in [9.17, 15) is 19.5 Å². The summed E-state index contributed by atoms with van der Waals surface area (Å²) in [5, 5.41) is 10.8. The number of carbonyl (C=O) groups is 3. The average Bonchev–Trinajstić information content (AvgIpc) is 2.87. The molecule has 0 spiro atoms. The summed E-state index contributed by atoms with van der Waals surface area (Å²) in [5.74, 6) is -2.27. The molecule has 146 valence electrons. The minimum atomic E-state index is -1.92. The van der Waals surface area contributed by atoms with Crippen molar-refractivity contribution in [1.82, 2.24) is 0 Å².